The molecule has 0 saturated heterocycles. The van der Waals surface area contributed by atoms with E-state index in [9.17, 15) is 14.9 Å². The van der Waals surface area contributed by atoms with Gasteiger partial charge >= 0.3 is 5.97 Å². The third-order valence-corrected chi connectivity index (χ3v) is 3.48. The molecule has 1 aliphatic rings. The van der Waals surface area contributed by atoms with Gasteiger partial charge in [0, 0.05) is 17.6 Å². The minimum atomic E-state index is -0.534. The summed E-state index contributed by atoms with van der Waals surface area (Å²) in [6.45, 7) is 3.62. The summed E-state index contributed by atoms with van der Waals surface area (Å²) in [5, 5.41) is 10.8. The van der Waals surface area contributed by atoms with Gasteiger partial charge in [-0.2, -0.15) is 0 Å². The third-order valence-electron chi connectivity index (χ3n) is 2.84. The SMILES string of the molecule is COC(=O)C1=CC([N+](=O)[O-])=C(S)C(C)C1C. The van der Waals surface area contributed by atoms with Crippen LogP contribution in [0.2, 0.25) is 0 Å². The number of hydrogen-bond acceptors (Lipinski definition) is 5. The average molecular weight is 243 g/mol. The molecule has 1 aliphatic carbocycles. The number of thiol groups is 1. The lowest BCUT2D eigenvalue weighted by atomic mass is 9.83. The Morgan fingerprint density at radius 3 is 2.50 bits per heavy atom. The maximum absolute atomic E-state index is 11.4. The van der Waals surface area contributed by atoms with Gasteiger partial charge in [-0.05, 0) is 5.92 Å². The number of hydrogen-bond donors (Lipinski definition) is 1. The highest BCUT2D eigenvalue weighted by Gasteiger charge is 2.34. The molecule has 2 atom stereocenters. The number of rotatable bonds is 2. The van der Waals surface area contributed by atoms with Gasteiger partial charge in [0.25, 0.3) is 5.70 Å². The van der Waals surface area contributed by atoms with Crippen LogP contribution >= 0.6 is 12.6 Å². The Kier molecular flexibility index (Phi) is 3.74. The van der Waals surface area contributed by atoms with Crippen LogP contribution in [0, 0.1) is 22.0 Å². The van der Waals surface area contributed by atoms with Gasteiger partial charge < -0.3 is 4.74 Å². The van der Waals surface area contributed by atoms with Crippen molar-refractivity contribution in [1.82, 2.24) is 0 Å². The maximum atomic E-state index is 11.4. The van der Waals surface area contributed by atoms with Gasteiger partial charge in [-0.25, -0.2) is 4.79 Å². The van der Waals surface area contributed by atoms with E-state index in [0.29, 0.717) is 10.5 Å². The van der Waals surface area contributed by atoms with Crippen LogP contribution in [0.15, 0.2) is 22.3 Å². The summed E-state index contributed by atoms with van der Waals surface area (Å²) in [7, 11) is 1.26. The van der Waals surface area contributed by atoms with Gasteiger partial charge in [-0.1, -0.05) is 13.8 Å². The molecule has 0 spiro atoms. The Labute approximate surface area is 98.7 Å². The third kappa shape index (κ3) is 2.11. The molecular formula is C10H13NO4S. The number of carbonyl (C=O) groups is 1. The van der Waals surface area contributed by atoms with Gasteiger partial charge in [-0.15, -0.1) is 12.6 Å². The normalized spacial score (nSPS) is 25.1. The quantitative estimate of drug-likeness (QED) is 0.347. The van der Waals surface area contributed by atoms with E-state index in [-0.39, 0.29) is 17.5 Å². The minimum absolute atomic E-state index is 0.130. The molecule has 0 radical (unpaired) electrons. The summed E-state index contributed by atoms with van der Waals surface area (Å²) in [5.41, 5.74) is 0.189. The topological polar surface area (TPSA) is 69.4 Å². The Hall–Kier alpha value is -1.30. The second-order valence-electron chi connectivity index (χ2n) is 3.70. The molecule has 0 aliphatic heterocycles. The maximum Gasteiger partial charge on any atom is 0.334 e. The van der Waals surface area contributed by atoms with Crippen molar-refractivity contribution in [1.29, 1.82) is 0 Å². The number of ether oxygens (including phenoxy) is 1. The largest absolute Gasteiger partial charge is 0.466 e. The predicted molar refractivity (Wildman–Crippen MR) is 61.4 cm³/mol. The number of carbonyl (C=O) groups excluding carboxylic acids is 1. The lowest BCUT2D eigenvalue weighted by Gasteiger charge is -2.24. The van der Waals surface area contributed by atoms with Crippen LogP contribution in [0.1, 0.15) is 13.8 Å². The molecule has 1 rings (SSSR count). The van der Waals surface area contributed by atoms with Crippen molar-refractivity contribution in [3.63, 3.8) is 0 Å². The highest BCUT2D eigenvalue weighted by molar-refractivity contribution is 7.84. The van der Waals surface area contributed by atoms with E-state index in [0.717, 1.165) is 0 Å². The van der Waals surface area contributed by atoms with Gasteiger partial charge in [0.05, 0.1) is 16.9 Å². The molecule has 0 bridgehead atoms. The first-order valence-electron chi connectivity index (χ1n) is 4.77. The predicted octanol–water partition coefficient (Wildman–Crippen LogP) is 1.79. The highest BCUT2D eigenvalue weighted by Crippen LogP contribution is 2.36. The summed E-state index contributed by atoms with van der Waals surface area (Å²) in [5.74, 6) is -0.828. The van der Waals surface area contributed by atoms with Crippen molar-refractivity contribution in [3.8, 4) is 0 Å². The standard InChI is InChI=1S/C10H13NO4S/c1-5-6(2)9(16)8(11(13)14)4-7(5)10(12)15-3/h4-6,16H,1-3H3. The minimum Gasteiger partial charge on any atom is -0.466 e. The second-order valence-corrected chi connectivity index (χ2v) is 4.18. The molecule has 0 amide bonds. The van der Waals surface area contributed by atoms with E-state index < -0.39 is 10.9 Å². The van der Waals surface area contributed by atoms with Crippen LogP contribution in [0.25, 0.3) is 0 Å². The highest BCUT2D eigenvalue weighted by atomic mass is 32.1. The summed E-state index contributed by atoms with van der Waals surface area (Å²) in [6.07, 6.45) is 1.25. The van der Waals surface area contributed by atoms with Crippen LogP contribution < -0.4 is 0 Å². The van der Waals surface area contributed by atoms with Crippen LogP contribution in [0.3, 0.4) is 0 Å². The van der Waals surface area contributed by atoms with E-state index in [2.05, 4.69) is 17.4 Å². The number of nitrogens with zero attached hydrogens (tertiary/aromatic N) is 1. The first-order chi connectivity index (χ1) is 7.40. The summed E-state index contributed by atoms with van der Waals surface area (Å²) in [4.78, 5) is 22.1. The van der Waals surface area contributed by atoms with Crippen LogP contribution in [-0.2, 0) is 9.53 Å². The Balaban J connectivity index is 3.24. The Morgan fingerprint density at radius 1 is 1.50 bits per heavy atom. The fourth-order valence-electron chi connectivity index (χ4n) is 1.60. The first-order valence-corrected chi connectivity index (χ1v) is 5.22. The van der Waals surface area contributed by atoms with Crippen LogP contribution in [0.4, 0.5) is 0 Å². The van der Waals surface area contributed by atoms with E-state index in [1.54, 1.807) is 6.92 Å². The van der Waals surface area contributed by atoms with Gasteiger partial charge in [0.1, 0.15) is 0 Å². The summed E-state index contributed by atoms with van der Waals surface area (Å²) in [6, 6.07) is 0. The molecule has 2 unspecified atom stereocenters. The zero-order valence-corrected chi connectivity index (χ0v) is 10.2. The molecule has 0 aromatic rings. The molecule has 88 valence electrons. The number of nitro groups is 1. The fraction of sp³-hybridized carbons (Fsp3) is 0.500. The second kappa shape index (κ2) is 4.69. The van der Waals surface area contributed by atoms with E-state index >= 15 is 0 Å². The van der Waals surface area contributed by atoms with Crippen molar-refractivity contribution >= 4 is 18.6 Å². The van der Waals surface area contributed by atoms with Crippen molar-refractivity contribution in [2.75, 3.05) is 7.11 Å². The van der Waals surface area contributed by atoms with Gasteiger partial charge in [0.2, 0.25) is 0 Å². The molecule has 0 heterocycles. The summed E-state index contributed by atoms with van der Waals surface area (Å²) < 4.78 is 4.59. The fourth-order valence-corrected chi connectivity index (χ4v) is 1.97. The molecule has 16 heavy (non-hydrogen) atoms. The molecule has 0 N–H and O–H groups in total. The molecule has 6 heteroatoms. The van der Waals surface area contributed by atoms with Crippen molar-refractivity contribution in [2.45, 2.75) is 13.8 Å². The first kappa shape index (κ1) is 12.8. The Morgan fingerprint density at radius 2 is 2.06 bits per heavy atom. The molecule has 0 fully saturated rings. The molecule has 0 aromatic carbocycles. The van der Waals surface area contributed by atoms with E-state index in [1.165, 1.54) is 13.2 Å². The number of allylic oxidation sites excluding steroid dienone is 2. The smallest absolute Gasteiger partial charge is 0.334 e. The monoisotopic (exact) mass is 243 g/mol. The van der Waals surface area contributed by atoms with E-state index in [1.807, 2.05) is 6.92 Å². The molecule has 5 nitrogen and oxygen atoms in total. The number of methoxy groups -OCH3 is 1. The lowest BCUT2D eigenvalue weighted by molar-refractivity contribution is -0.420. The van der Waals surface area contributed by atoms with Gasteiger partial charge in [0.15, 0.2) is 0 Å². The molecular weight excluding hydrogens is 230 g/mol. The zero-order chi connectivity index (χ0) is 12.5. The summed E-state index contributed by atoms with van der Waals surface area (Å²) >= 11 is 4.13. The zero-order valence-electron chi connectivity index (χ0n) is 9.26. The molecule has 0 aromatic heterocycles. The average Bonchev–Trinajstić information content (AvgIpc) is 2.25. The number of esters is 1. The Bertz CT molecular complexity index is 400. The van der Waals surface area contributed by atoms with Crippen molar-refractivity contribution in [2.24, 2.45) is 11.8 Å². The molecule has 0 saturated carbocycles. The van der Waals surface area contributed by atoms with E-state index in [4.69, 9.17) is 0 Å². The lowest BCUT2D eigenvalue weighted by Crippen LogP contribution is -2.24. The van der Waals surface area contributed by atoms with Crippen molar-refractivity contribution in [3.05, 3.63) is 32.4 Å². The van der Waals surface area contributed by atoms with Crippen LogP contribution in [-0.4, -0.2) is 18.0 Å². The van der Waals surface area contributed by atoms with Crippen LogP contribution in [0.5, 0.6) is 0 Å². The van der Waals surface area contributed by atoms with Gasteiger partial charge in [-0.3, -0.25) is 10.1 Å². The van der Waals surface area contributed by atoms with Crippen molar-refractivity contribution < 1.29 is 14.5 Å².